The van der Waals surface area contributed by atoms with Gasteiger partial charge in [-0.25, -0.2) is 4.57 Å². The second kappa shape index (κ2) is 9.12. The molecule has 9 heteroatoms. The molecule has 1 saturated heterocycles. The molecular formula is C37H38NO7P. The van der Waals surface area contributed by atoms with E-state index in [2.05, 4.69) is 53.4 Å². The molecule has 2 spiro atoms. The van der Waals surface area contributed by atoms with Crippen LogP contribution in [-0.2, 0) is 30.3 Å². The van der Waals surface area contributed by atoms with Gasteiger partial charge < -0.3 is 14.4 Å². The second-order valence-electron chi connectivity index (χ2n) is 15.0. The van der Waals surface area contributed by atoms with Crippen molar-refractivity contribution in [1.82, 2.24) is 4.90 Å². The van der Waals surface area contributed by atoms with E-state index in [1.165, 1.54) is 24.0 Å². The lowest BCUT2D eigenvalue weighted by Crippen LogP contribution is -2.64. The van der Waals surface area contributed by atoms with Crippen LogP contribution in [0.2, 0.25) is 0 Å². The average Bonchev–Trinajstić information content (AvgIpc) is 3.91. The van der Waals surface area contributed by atoms with Crippen molar-refractivity contribution in [2.45, 2.75) is 98.0 Å². The molecule has 5 fully saturated rings. The Bertz CT molecular complexity index is 1780. The number of ether oxygens (including phenoxy) is 1. The number of carbonyl (C=O) groups excluding carboxylic acids is 1. The maximum Gasteiger partial charge on any atom is 0.527 e. The van der Waals surface area contributed by atoms with Crippen molar-refractivity contribution in [3.05, 3.63) is 95.1 Å². The van der Waals surface area contributed by atoms with E-state index < -0.39 is 31.0 Å². The predicted octanol–water partition coefficient (Wildman–Crippen LogP) is 5.91. The third kappa shape index (κ3) is 3.44. The maximum atomic E-state index is 13.6. The maximum absolute atomic E-state index is 13.6. The number of hydrogen-bond acceptors (Lipinski definition) is 7. The van der Waals surface area contributed by atoms with Crippen LogP contribution in [0.5, 0.6) is 11.5 Å². The molecule has 3 aromatic rings. The number of phosphoric acid groups is 1. The van der Waals surface area contributed by atoms with Crippen molar-refractivity contribution in [1.29, 1.82) is 0 Å². The minimum Gasteiger partial charge on any atom is -0.477 e. The van der Waals surface area contributed by atoms with Gasteiger partial charge >= 0.3 is 7.82 Å². The summed E-state index contributed by atoms with van der Waals surface area (Å²) in [7, 11) is -4.56. The fourth-order valence-electron chi connectivity index (χ4n) is 10.8. The van der Waals surface area contributed by atoms with Crippen LogP contribution in [0.15, 0.2) is 72.8 Å². The van der Waals surface area contributed by atoms with Crippen LogP contribution in [0.25, 0.3) is 0 Å². The summed E-state index contributed by atoms with van der Waals surface area (Å²) >= 11 is 0. The van der Waals surface area contributed by atoms with E-state index in [0.717, 1.165) is 30.5 Å². The zero-order chi connectivity index (χ0) is 31.1. The topological polar surface area (TPSA) is 105 Å². The summed E-state index contributed by atoms with van der Waals surface area (Å²) in [6.45, 7) is 0.965. The van der Waals surface area contributed by atoms with E-state index in [0.29, 0.717) is 37.4 Å². The summed E-state index contributed by atoms with van der Waals surface area (Å²) < 4.78 is 31.7. The van der Waals surface area contributed by atoms with Gasteiger partial charge in [0, 0.05) is 23.9 Å². The van der Waals surface area contributed by atoms with Gasteiger partial charge in [0.2, 0.25) is 0 Å². The van der Waals surface area contributed by atoms with Gasteiger partial charge in [0.25, 0.3) is 0 Å². The molecule has 0 aromatic heterocycles. The largest absolute Gasteiger partial charge is 0.527 e. The monoisotopic (exact) mass is 639 g/mol. The van der Waals surface area contributed by atoms with E-state index >= 15 is 0 Å². The van der Waals surface area contributed by atoms with Crippen LogP contribution in [0.1, 0.15) is 80.0 Å². The standard InChI is InChI=1S/C37H38NO7P/c39-28-17-20-37(40)33-36(38(33)21-23-11-12-23)22-35(37)30-27(36)13-14-29(31(30)43-32(28)35)45-46(41,42)44-26-15-18-34(19-16-26,24-7-3-1-4-8-24)25-9-5-2-6-10-25/h1-10,13-14,23,26,32-33,40H,11-12,15-22H2,(H,41,42). The Morgan fingerprint density at radius 3 is 2.24 bits per heavy atom. The number of carbonyl (C=O) groups is 1. The molecule has 2 heterocycles. The minimum atomic E-state index is -4.56. The summed E-state index contributed by atoms with van der Waals surface area (Å²) in [5.41, 5.74) is 1.97. The molecule has 46 heavy (non-hydrogen) atoms. The third-order valence-electron chi connectivity index (χ3n) is 12.8. The van der Waals surface area contributed by atoms with Gasteiger partial charge in [-0.15, -0.1) is 0 Å². The van der Waals surface area contributed by atoms with E-state index in [9.17, 15) is 19.4 Å². The molecule has 2 aliphatic heterocycles. The highest BCUT2D eigenvalue weighted by atomic mass is 31.2. The van der Waals surface area contributed by atoms with Crippen LogP contribution in [0.3, 0.4) is 0 Å². The lowest BCUT2D eigenvalue weighted by atomic mass is 9.59. The van der Waals surface area contributed by atoms with Crippen molar-refractivity contribution in [2.24, 2.45) is 5.92 Å². The number of benzene rings is 3. The second-order valence-corrected chi connectivity index (χ2v) is 16.3. The molecule has 7 unspecified atom stereocenters. The Kier molecular flexibility index (Phi) is 5.56. The number of Topliss-reactive ketones (excluding diaryl/α,β-unsaturated/α-hetero) is 1. The molecule has 7 atom stereocenters. The molecule has 4 saturated carbocycles. The number of nitrogens with zero attached hydrogens (tertiary/aromatic N) is 1. The molecule has 10 rings (SSSR count). The van der Waals surface area contributed by atoms with Gasteiger partial charge in [-0.2, -0.15) is 0 Å². The minimum absolute atomic E-state index is 0.0116. The predicted molar refractivity (Wildman–Crippen MR) is 169 cm³/mol. The molecule has 5 aliphatic carbocycles. The quantitative estimate of drug-likeness (QED) is 0.232. The van der Waals surface area contributed by atoms with Crippen LogP contribution < -0.4 is 9.26 Å². The van der Waals surface area contributed by atoms with Gasteiger partial charge in [-0.3, -0.25) is 19.1 Å². The van der Waals surface area contributed by atoms with Crippen LogP contribution in [0.4, 0.5) is 0 Å². The van der Waals surface area contributed by atoms with Crippen molar-refractivity contribution in [2.75, 3.05) is 6.54 Å². The number of phosphoric ester groups is 1. The molecule has 7 aliphatic rings. The number of hydrogen-bond donors (Lipinski definition) is 2. The highest BCUT2D eigenvalue weighted by molar-refractivity contribution is 7.47. The zero-order valence-corrected chi connectivity index (χ0v) is 26.5. The zero-order valence-electron chi connectivity index (χ0n) is 25.6. The molecule has 238 valence electrons. The molecule has 2 N–H and O–H groups in total. The van der Waals surface area contributed by atoms with Crippen molar-refractivity contribution < 1.29 is 33.1 Å². The number of piperidine rings is 1. The average molecular weight is 640 g/mol. The summed E-state index contributed by atoms with van der Waals surface area (Å²) in [5.74, 6) is 1.10. The third-order valence-corrected chi connectivity index (χ3v) is 13.8. The van der Waals surface area contributed by atoms with Crippen molar-refractivity contribution >= 4 is 13.6 Å². The lowest BCUT2D eigenvalue weighted by molar-refractivity contribution is -0.148. The summed E-state index contributed by atoms with van der Waals surface area (Å²) in [6.07, 6.45) is 5.26. The first-order valence-electron chi connectivity index (χ1n) is 16.9. The first-order valence-corrected chi connectivity index (χ1v) is 18.4. The first kappa shape index (κ1) is 28.1. The molecule has 8 nitrogen and oxygen atoms in total. The highest BCUT2D eigenvalue weighted by Gasteiger charge is 2.91. The van der Waals surface area contributed by atoms with Gasteiger partial charge in [0.05, 0.1) is 28.7 Å². The smallest absolute Gasteiger partial charge is 0.477 e. The Balaban J connectivity index is 0.930. The number of rotatable bonds is 8. The normalized spacial score (nSPS) is 37.3. The number of likely N-dealkylation sites (tertiary alicyclic amines) is 1. The summed E-state index contributed by atoms with van der Waals surface area (Å²) in [6, 6.07) is 24.6. The van der Waals surface area contributed by atoms with E-state index in [1.54, 1.807) is 6.07 Å². The van der Waals surface area contributed by atoms with Crippen LogP contribution in [-0.4, -0.2) is 51.1 Å². The molecule has 0 amide bonds. The SMILES string of the molecule is O=C1CCC2(O)C3N(CC4CC4)C34CC23c2c4ccc(OP(=O)(O)OC4CCC(c5ccccc5)(c5ccccc5)CC4)c2OC13. The number of aliphatic hydroxyl groups is 1. The molecular weight excluding hydrogens is 601 g/mol. The van der Waals surface area contributed by atoms with E-state index in [4.69, 9.17) is 13.8 Å². The van der Waals surface area contributed by atoms with E-state index in [1.807, 2.05) is 18.2 Å². The fraction of sp³-hybridized carbons (Fsp3) is 0.486. The highest BCUT2D eigenvalue weighted by Crippen LogP contribution is 2.82. The Hall–Kier alpha value is -3.00. The van der Waals surface area contributed by atoms with Gasteiger partial charge in [-0.1, -0.05) is 66.7 Å². The summed E-state index contributed by atoms with van der Waals surface area (Å²) in [4.78, 5) is 26.9. The van der Waals surface area contributed by atoms with Gasteiger partial charge in [0.1, 0.15) is 0 Å². The lowest BCUT2D eigenvalue weighted by Gasteiger charge is -2.47. The Morgan fingerprint density at radius 1 is 0.913 bits per heavy atom. The number of fused-ring (bicyclic) bond motifs is 1. The summed E-state index contributed by atoms with van der Waals surface area (Å²) in [5, 5.41) is 12.4. The fourth-order valence-corrected chi connectivity index (χ4v) is 11.8. The number of ketones is 1. The molecule has 0 radical (unpaired) electrons. The molecule has 3 aromatic carbocycles. The molecule has 2 bridgehead atoms. The van der Waals surface area contributed by atoms with Gasteiger partial charge in [-0.05, 0) is 80.0 Å². The van der Waals surface area contributed by atoms with Crippen LogP contribution in [0, 0.1) is 5.92 Å². The first-order chi connectivity index (χ1) is 22.2. The van der Waals surface area contributed by atoms with Gasteiger partial charge in [0.15, 0.2) is 23.4 Å². The Labute approximate surface area is 268 Å². The van der Waals surface area contributed by atoms with Crippen LogP contribution >= 0.6 is 7.82 Å². The van der Waals surface area contributed by atoms with Crippen molar-refractivity contribution in [3.8, 4) is 11.5 Å². The van der Waals surface area contributed by atoms with E-state index in [-0.39, 0.29) is 34.9 Å². The Morgan fingerprint density at radius 2 is 1.59 bits per heavy atom. The van der Waals surface area contributed by atoms with Crippen molar-refractivity contribution in [3.63, 3.8) is 0 Å².